The van der Waals surface area contributed by atoms with Crippen molar-refractivity contribution in [2.45, 2.75) is 31.7 Å². The van der Waals surface area contributed by atoms with Gasteiger partial charge in [0.1, 0.15) is 0 Å². The molecular formula is C13H15F2N3O3. The second-order valence-corrected chi connectivity index (χ2v) is 4.93. The summed E-state index contributed by atoms with van der Waals surface area (Å²) in [5.41, 5.74) is -2.30. The fourth-order valence-corrected chi connectivity index (χ4v) is 2.51. The number of anilines is 1. The van der Waals surface area contributed by atoms with Crippen LogP contribution in [0.25, 0.3) is 0 Å². The van der Waals surface area contributed by atoms with Gasteiger partial charge in [0.15, 0.2) is 17.3 Å². The predicted molar refractivity (Wildman–Crippen MR) is 71.9 cm³/mol. The summed E-state index contributed by atoms with van der Waals surface area (Å²) in [4.78, 5) is 22.3. The maximum absolute atomic E-state index is 13.8. The van der Waals surface area contributed by atoms with Gasteiger partial charge in [-0.2, -0.15) is 0 Å². The number of halogens is 2. The van der Waals surface area contributed by atoms with Gasteiger partial charge in [0, 0.05) is 6.07 Å². The number of rotatable bonds is 4. The number of benzene rings is 1. The van der Waals surface area contributed by atoms with Gasteiger partial charge in [-0.15, -0.1) is 0 Å². The van der Waals surface area contributed by atoms with Crippen molar-refractivity contribution in [2.75, 3.05) is 11.9 Å². The Bertz CT molecular complexity index is 586. The number of carbonyl (C=O) groups is 1. The predicted octanol–water partition coefficient (Wildman–Crippen LogP) is 2.34. The Kier molecular flexibility index (Phi) is 4.17. The fraction of sp³-hybridized carbons (Fsp3) is 0.462. The van der Waals surface area contributed by atoms with Crippen LogP contribution < -0.4 is 10.6 Å². The molecule has 1 aromatic carbocycles. The third-order valence-corrected chi connectivity index (χ3v) is 3.79. The zero-order valence-corrected chi connectivity index (χ0v) is 11.4. The number of nitrogens with one attached hydrogen (secondary N) is 2. The van der Waals surface area contributed by atoms with Gasteiger partial charge < -0.3 is 10.6 Å². The van der Waals surface area contributed by atoms with Crippen molar-refractivity contribution in [3.63, 3.8) is 0 Å². The summed E-state index contributed by atoms with van der Waals surface area (Å²) in [6, 6.07) is 1.49. The molecular weight excluding hydrogens is 284 g/mol. The topological polar surface area (TPSA) is 84.3 Å². The van der Waals surface area contributed by atoms with Crippen LogP contribution in [0.15, 0.2) is 12.1 Å². The summed E-state index contributed by atoms with van der Waals surface area (Å²) in [6.07, 6.45) is 1.76. The Hall–Kier alpha value is -2.09. The first-order chi connectivity index (χ1) is 9.91. The van der Waals surface area contributed by atoms with Crippen LogP contribution in [0.5, 0.6) is 0 Å². The first-order valence-corrected chi connectivity index (χ1v) is 6.60. The van der Waals surface area contributed by atoms with E-state index in [4.69, 9.17) is 0 Å². The number of nitro groups is 1. The van der Waals surface area contributed by atoms with Gasteiger partial charge in [-0.3, -0.25) is 14.9 Å². The van der Waals surface area contributed by atoms with Crippen molar-refractivity contribution in [1.29, 1.82) is 0 Å². The first kappa shape index (κ1) is 15.3. The molecule has 2 rings (SSSR count). The van der Waals surface area contributed by atoms with E-state index in [1.54, 1.807) is 6.92 Å². The molecule has 21 heavy (non-hydrogen) atoms. The van der Waals surface area contributed by atoms with Crippen molar-refractivity contribution in [1.82, 2.24) is 5.32 Å². The lowest BCUT2D eigenvalue weighted by Gasteiger charge is -2.26. The molecule has 8 heteroatoms. The Labute approximate surface area is 119 Å². The highest BCUT2D eigenvalue weighted by Gasteiger charge is 2.40. The number of hydrogen-bond donors (Lipinski definition) is 2. The summed E-state index contributed by atoms with van der Waals surface area (Å²) in [5.74, 6) is -3.27. The summed E-state index contributed by atoms with van der Waals surface area (Å²) < 4.78 is 27.0. The third kappa shape index (κ3) is 2.71. The van der Waals surface area contributed by atoms with Gasteiger partial charge in [-0.05, 0) is 31.9 Å². The molecule has 6 nitrogen and oxygen atoms in total. The normalized spacial score (nSPS) is 21.3. The second kappa shape index (κ2) is 5.72. The van der Waals surface area contributed by atoms with Crippen LogP contribution in [-0.4, -0.2) is 22.9 Å². The molecule has 1 aliphatic heterocycles. The maximum atomic E-state index is 13.8. The first-order valence-electron chi connectivity index (χ1n) is 6.60. The zero-order chi connectivity index (χ0) is 15.6. The lowest BCUT2D eigenvalue weighted by molar-refractivity contribution is -0.384. The molecule has 1 unspecified atom stereocenters. The van der Waals surface area contributed by atoms with Gasteiger partial charge in [-0.1, -0.05) is 6.92 Å². The number of nitrogens with zero attached hydrogens (tertiary/aromatic N) is 1. The van der Waals surface area contributed by atoms with Gasteiger partial charge in [0.25, 0.3) is 5.69 Å². The highest BCUT2D eigenvalue weighted by atomic mass is 19.2. The molecule has 2 N–H and O–H groups in total. The molecule has 1 aliphatic rings. The standard InChI is InChI=1S/C13H15F2N3O3/c1-2-13(6-3-7-16-13)12(19)17-11-9(18(20)21)5-4-8(14)10(11)15/h4-5,16H,2-3,6-7H2,1H3,(H,17,19). The molecule has 1 heterocycles. The molecule has 114 valence electrons. The minimum Gasteiger partial charge on any atom is -0.316 e. The third-order valence-electron chi connectivity index (χ3n) is 3.79. The highest BCUT2D eigenvalue weighted by molar-refractivity contribution is 6.00. The molecule has 1 aromatic rings. The van der Waals surface area contributed by atoms with E-state index in [-0.39, 0.29) is 0 Å². The summed E-state index contributed by atoms with van der Waals surface area (Å²) in [5, 5.41) is 16.1. The van der Waals surface area contributed by atoms with Crippen molar-refractivity contribution in [2.24, 2.45) is 0 Å². The largest absolute Gasteiger partial charge is 0.316 e. The number of amides is 1. The minimum absolute atomic E-state index is 0.448. The van der Waals surface area contributed by atoms with Crippen LogP contribution in [0.3, 0.4) is 0 Å². The van der Waals surface area contributed by atoms with E-state index in [9.17, 15) is 23.7 Å². The van der Waals surface area contributed by atoms with Crippen molar-refractivity contribution < 1.29 is 18.5 Å². The Morgan fingerprint density at radius 3 is 2.76 bits per heavy atom. The van der Waals surface area contributed by atoms with Crippen LogP contribution in [0.4, 0.5) is 20.2 Å². The van der Waals surface area contributed by atoms with Crippen molar-refractivity contribution in [3.05, 3.63) is 33.9 Å². The molecule has 1 fully saturated rings. The molecule has 0 saturated carbocycles. The molecule has 0 radical (unpaired) electrons. The number of carbonyl (C=O) groups excluding carboxylic acids is 1. The SMILES string of the molecule is CCC1(C(=O)Nc2c([N+](=O)[O-])ccc(F)c2F)CCCN1. The van der Waals surface area contributed by atoms with Crippen LogP contribution in [0.2, 0.25) is 0 Å². The zero-order valence-electron chi connectivity index (χ0n) is 11.4. The van der Waals surface area contributed by atoms with Crippen LogP contribution in [-0.2, 0) is 4.79 Å². The van der Waals surface area contributed by atoms with Gasteiger partial charge >= 0.3 is 0 Å². The summed E-state index contributed by atoms with van der Waals surface area (Å²) in [6.45, 7) is 2.42. The molecule has 1 atom stereocenters. The Morgan fingerprint density at radius 1 is 1.52 bits per heavy atom. The minimum atomic E-state index is -1.43. The Morgan fingerprint density at radius 2 is 2.24 bits per heavy atom. The number of hydrogen-bond acceptors (Lipinski definition) is 4. The molecule has 0 aliphatic carbocycles. The van der Waals surface area contributed by atoms with Crippen molar-refractivity contribution in [3.8, 4) is 0 Å². The molecule has 0 spiro atoms. The smallest absolute Gasteiger partial charge is 0.296 e. The van der Waals surface area contributed by atoms with E-state index < -0.39 is 39.4 Å². The molecule has 1 amide bonds. The lowest BCUT2D eigenvalue weighted by atomic mass is 9.93. The van der Waals surface area contributed by atoms with Crippen molar-refractivity contribution >= 4 is 17.3 Å². The number of nitro benzene ring substituents is 1. The fourth-order valence-electron chi connectivity index (χ4n) is 2.51. The van der Waals surface area contributed by atoms with Crippen LogP contribution in [0.1, 0.15) is 26.2 Å². The average Bonchev–Trinajstić information content (AvgIpc) is 2.93. The molecule has 1 saturated heterocycles. The lowest BCUT2D eigenvalue weighted by Crippen LogP contribution is -2.50. The monoisotopic (exact) mass is 299 g/mol. The van der Waals surface area contributed by atoms with E-state index in [0.717, 1.165) is 12.5 Å². The summed E-state index contributed by atoms with van der Waals surface area (Å²) in [7, 11) is 0. The van der Waals surface area contributed by atoms with Gasteiger partial charge in [-0.25, -0.2) is 8.78 Å². The van der Waals surface area contributed by atoms with Crippen LogP contribution >= 0.6 is 0 Å². The quantitative estimate of drug-likeness (QED) is 0.660. The van der Waals surface area contributed by atoms with E-state index in [1.165, 1.54) is 0 Å². The second-order valence-electron chi connectivity index (χ2n) is 4.93. The van der Waals surface area contributed by atoms with E-state index in [2.05, 4.69) is 10.6 Å². The molecule has 0 aromatic heterocycles. The highest BCUT2D eigenvalue weighted by Crippen LogP contribution is 2.31. The maximum Gasteiger partial charge on any atom is 0.296 e. The van der Waals surface area contributed by atoms with E-state index >= 15 is 0 Å². The van der Waals surface area contributed by atoms with E-state index in [0.29, 0.717) is 25.5 Å². The van der Waals surface area contributed by atoms with Crippen LogP contribution in [0, 0.1) is 21.7 Å². The van der Waals surface area contributed by atoms with Gasteiger partial charge in [0.2, 0.25) is 5.91 Å². The molecule has 0 bridgehead atoms. The van der Waals surface area contributed by atoms with E-state index in [1.807, 2.05) is 0 Å². The van der Waals surface area contributed by atoms with Gasteiger partial charge in [0.05, 0.1) is 10.5 Å². The summed E-state index contributed by atoms with van der Waals surface area (Å²) >= 11 is 0. The average molecular weight is 299 g/mol. The Balaban J connectivity index is 2.37.